The molecule has 0 aliphatic carbocycles. The maximum absolute atomic E-state index is 3.74. The third kappa shape index (κ3) is 3.11. The van der Waals surface area contributed by atoms with Crippen LogP contribution in [0.1, 0.15) is 38.4 Å². The zero-order valence-electron chi connectivity index (χ0n) is 6.75. The molecule has 1 N–H and O–H groups in total. The van der Waals surface area contributed by atoms with Crippen molar-refractivity contribution in [2.75, 3.05) is 0 Å². The number of hydrogen-bond donors (Lipinski definition) is 1. The van der Waals surface area contributed by atoms with Crippen LogP contribution in [0.3, 0.4) is 0 Å². The van der Waals surface area contributed by atoms with Gasteiger partial charge >= 0.3 is 0 Å². The predicted octanol–water partition coefficient (Wildman–Crippen LogP) is 1.33. The number of unbranched alkanes of at least 4 members (excludes halogenated alkanes) is 3. The van der Waals surface area contributed by atoms with E-state index >= 15 is 0 Å². The lowest BCUT2D eigenvalue weighted by molar-refractivity contribution is 0.709. The van der Waals surface area contributed by atoms with Crippen LogP contribution in [0.2, 0.25) is 0 Å². The fourth-order valence-corrected chi connectivity index (χ4v) is 0.886. The van der Waals surface area contributed by atoms with Crippen molar-refractivity contribution in [3.63, 3.8) is 0 Å². The minimum Gasteiger partial charge on any atom is -0.243 e. The highest BCUT2D eigenvalue weighted by atomic mass is 15.5. The lowest BCUT2D eigenvalue weighted by Crippen LogP contribution is -1.85. The topological polar surface area (TPSA) is 54.5 Å². The molecule has 0 aromatic carbocycles. The van der Waals surface area contributed by atoms with Crippen LogP contribution in [0.4, 0.5) is 0 Å². The second-order valence-electron chi connectivity index (χ2n) is 2.49. The molecule has 0 spiro atoms. The Labute approximate surface area is 66.4 Å². The van der Waals surface area contributed by atoms with E-state index in [0.717, 1.165) is 12.2 Å². The molecule has 0 atom stereocenters. The van der Waals surface area contributed by atoms with Gasteiger partial charge in [-0.25, -0.2) is 5.10 Å². The van der Waals surface area contributed by atoms with Crippen LogP contribution in [-0.2, 0) is 0 Å². The van der Waals surface area contributed by atoms with Crippen LogP contribution in [0.25, 0.3) is 0 Å². The fraction of sp³-hybridized carbons (Fsp3) is 0.714. The molecule has 4 heteroatoms. The van der Waals surface area contributed by atoms with Crippen LogP contribution in [0.5, 0.6) is 0 Å². The standard InChI is InChI=1S/C7H13N4/c1-2-3-4-5-6-7-8-10-11-9-7/h6H,2-5H2,1H3,(H,8,9,10,11). The number of aromatic nitrogens is 4. The summed E-state index contributed by atoms with van der Waals surface area (Å²) < 4.78 is 0. The zero-order chi connectivity index (χ0) is 7.94. The maximum Gasteiger partial charge on any atom is 0.152 e. The van der Waals surface area contributed by atoms with E-state index < -0.39 is 0 Å². The summed E-state index contributed by atoms with van der Waals surface area (Å²) in [6.45, 7) is 2.19. The first-order valence-electron chi connectivity index (χ1n) is 4.00. The molecule has 0 aliphatic heterocycles. The van der Waals surface area contributed by atoms with Gasteiger partial charge in [-0.1, -0.05) is 26.2 Å². The second kappa shape index (κ2) is 4.82. The molecule has 0 saturated carbocycles. The van der Waals surface area contributed by atoms with Crippen molar-refractivity contribution in [3.05, 3.63) is 12.2 Å². The predicted molar refractivity (Wildman–Crippen MR) is 41.7 cm³/mol. The third-order valence-corrected chi connectivity index (χ3v) is 1.51. The van der Waals surface area contributed by atoms with E-state index in [0.29, 0.717) is 0 Å². The van der Waals surface area contributed by atoms with Crippen molar-refractivity contribution in [1.29, 1.82) is 0 Å². The molecule has 4 nitrogen and oxygen atoms in total. The highest BCUT2D eigenvalue weighted by Crippen LogP contribution is 2.03. The van der Waals surface area contributed by atoms with E-state index in [2.05, 4.69) is 27.5 Å². The van der Waals surface area contributed by atoms with Crippen LogP contribution in [0.15, 0.2) is 0 Å². The van der Waals surface area contributed by atoms with Gasteiger partial charge in [0.2, 0.25) is 0 Å². The van der Waals surface area contributed by atoms with Gasteiger partial charge in [-0.15, -0.1) is 5.10 Å². The Hall–Kier alpha value is -0.930. The first kappa shape index (κ1) is 8.17. The van der Waals surface area contributed by atoms with Gasteiger partial charge in [0.15, 0.2) is 5.82 Å². The first-order valence-corrected chi connectivity index (χ1v) is 4.00. The van der Waals surface area contributed by atoms with Gasteiger partial charge in [0.1, 0.15) is 0 Å². The number of nitrogens with one attached hydrogen (secondary N) is 1. The first-order chi connectivity index (χ1) is 5.43. The number of aromatic amines is 1. The van der Waals surface area contributed by atoms with Crippen molar-refractivity contribution in [2.24, 2.45) is 0 Å². The summed E-state index contributed by atoms with van der Waals surface area (Å²) in [5.74, 6) is 0.779. The van der Waals surface area contributed by atoms with Crippen molar-refractivity contribution >= 4 is 0 Å². The van der Waals surface area contributed by atoms with Crippen LogP contribution in [0, 0.1) is 6.42 Å². The quantitative estimate of drug-likeness (QED) is 0.649. The molecular formula is C7H13N4. The molecule has 0 aliphatic rings. The average Bonchev–Trinajstić information content (AvgIpc) is 2.50. The number of nitrogens with zero attached hydrogens (tertiary/aromatic N) is 3. The summed E-state index contributed by atoms with van der Waals surface area (Å²) in [5, 5.41) is 13.4. The minimum absolute atomic E-state index is 0.779. The zero-order valence-corrected chi connectivity index (χ0v) is 6.75. The normalized spacial score (nSPS) is 10.3. The Morgan fingerprint density at radius 3 is 3.00 bits per heavy atom. The Morgan fingerprint density at radius 2 is 2.36 bits per heavy atom. The van der Waals surface area contributed by atoms with Gasteiger partial charge in [0.25, 0.3) is 0 Å². The van der Waals surface area contributed by atoms with Crippen molar-refractivity contribution in [3.8, 4) is 0 Å². The molecule has 1 heterocycles. The molecule has 1 rings (SSSR count). The van der Waals surface area contributed by atoms with E-state index in [1.807, 2.05) is 6.42 Å². The van der Waals surface area contributed by atoms with Crippen LogP contribution in [-0.4, -0.2) is 20.6 Å². The Kier molecular flexibility index (Phi) is 3.58. The molecule has 11 heavy (non-hydrogen) atoms. The van der Waals surface area contributed by atoms with E-state index in [-0.39, 0.29) is 0 Å². The third-order valence-electron chi connectivity index (χ3n) is 1.51. The molecule has 0 saturated heterocycles. The van der Waals surface area contributed by atoms with E-state index in [9.17, 15) is 0 Å². The summed E-state index contributed by atoms with van der Waals surface area (Å²) in [6.07, 6.45) is 6.83. The summed E-state index contributed by atoms with van der Waals surface area (Å²) >= 11 is 0. The number of rotatable bonds is 5. The minimum atomic E-state index is 0.779. The monoisotopic (exact) mass is 153 g/mol. The number of H-pyrrole nitrogens is 1. The van der Waals surface area contributed by atoms with Gasteiger partial charge < -0.3 is 0 Å². The summed E-state index contributed by atoms with van der Waals surface area (Å²) in [6, 6.07) is 0. The highest BCUT2D eigenvalue weighted by molar-refractivity contribution is 4.93. The Bertz CT molecular complexity index is 171. The van der Waals surface area contributed by atoms with Crippen molar-refractivity contribution in [1.82, 2.24) is 20.6 Å². The van der Waals surface area contributed by atoms with Crippen LogP contribution >= 0.6 is 0 Å². The molecule has 0 amide bonds. The van der Waals surface area contributed by atoms with Gasteiger partial charge in [0.05, 0.1) is 0 Å². The largest absolute Gasteiger partial charge is 0.243 e. The number of hydrogen-bond acceptors (Lipinski definition) is 3. The molecule has 0 unspecified atom stereocenters. The SMILES string of the molecule is CCCCC[CH]c1nnn[nH]1. The van der Waals surface area contributed by atoms with Gasteiger partial charge in [-0.2, -0.15) is 0 Å². The summed E-state index contributed by atoms with van der Waals surface area (Å²) in [5.41, 5.74) is 0. The lowest BCUT2D eigenvalue weighted by Gasteiger charge is -1.93. The van der Waals surface area contributed by atoms with Gasteiger partial charge in [-0.3, -0.25) is 0 Å². The Morgan fingerprint density at radius 1 is 1.45 bits per heavy atom. The highest BCUT2D eigenvalue weighted by Gasteiger charge is 1.95. The maximum atomic E-state index is 3.74. The van der Waals surface area contributed by atoms with Gasteiger partial charge in [-0.05, 0) is 16.8 Å². The second-order valence-corrected chi connectivity index (χ2v) is 2.49. The van der Waals surface area contributed by atoms with Gasteiger partial charge in [0, 0.05) is 6.42 Å². The number of tetrazole rings is 1. The van der Waals surface area contributed by atoms with Crippen LogP contribution < -0.4 is 0 Å². The average molecular weight is 153 g/mol. The van der Waals surface area contributed by atoms with Crippen molar-refractivity contribution < 1.29 is 0 Å². The molecule has 1 radical (unpaired) electrons. The Balaban J connectivity index is 2.04. The fourth-order valence-electron chi connectivity index (χ4n) is 0.886. The van der Waals surface area contributed by atoms with Crippen molar-refractivity contribution in [2.45, 2.75) is 32.6 Å². The van der Waals surface area contributed by atoms with E-state index in [1.165, 1.54) is 19.3 Å². The summed E-state index contributed by atoms with van der Waals surface area (Å²) in [7, 11) is 0. The molecule has 0 fully saturated rings. The lowest BCUT2D eigenvalue weighted by atomic mass is 10.1. The molecule has 1 aromatic heterocycles. The molecular weight excluding hydrogens is 140 g/mol. The molecule has 0 bridgehead atoms. The molecule has 61 valence electrons. The summed E-state index contributed by atoms with van der Waals surface area (Å²) in [4.78, 5) is 0. The molecule has 1 aromatic rings. The smallest absolute Gasteiger partial charge is 0.152 e. The van der Waals surface area contributed by atoms with E-state index in [4.69, 9.17) is 0 Å². The van der Waals surface area contributed by atoms with E-state index in [1.54, 1.807) is 0 Å².